The van der Waals surface area contributed by atoms with Crippen LogP contribution in [0.25, 0.3) is 0 Å². The fourth-order valence-corrected chi connectivity index (χ4v) is 1.51. The van der Waals surface area contributed by atoms with Gasteiger partial charge in [-0.25, -0.2) is 0 Å². The summed E-state index contributed by atoms with van der Waals surface area (Å²) >= 11 is 0. The van der Waals surface area contributed by atoms with Gasteiger partial charge in [-0.05, 0) is 32.1 Å². The SMILES string of the molecule is CC(C)[C@@H]1COC(C)(C)C1. The van der Waals surface area contributed by atoms with Crippen molar-refractivity contribution in [2.24, 2.45) is 11.8 Å². The largest absolute Gasteiger partial charge is 0.375 e. The summed E-state index contributed by atoms with van der Waals surface area (Å²) in [6.45, 7) is 9.86. The highest BCUT2D eigenvalue weighted by molar-refractivity contribution is 4.82. The predicted molar refractivity (Wildman–Crippen MR) is 43.0 cm³/mol. The van der Waals surface area contributed by atoms with E-state index in [-0.39, 0.29) is 5.60 Å². The van der Waals surface area contributed by atoms with Crippen molar-refractivity contribution in [2.75, 3.05) is 6.61 Å². The second-order valence-corrected chi connectivity index (χ2v) is 4.28. The van der Waals surface area contributed by atoms with Crippen LogP contribution < -0.4 is 0 Å². The summed E-state index contributed by atoms with van der Waals surface area (Å²) in [5.41, 5.74) is 0.148. The topological polar surface area (TPSA) is 9.23 Å². The molecule has 60 valence electrons. The van der Waals surface area contributed by atoms with E-state index in [0.717, 1.165) is 18.4 Å². The summed E-state index contributed by atoms with van der Waals surface area (Å²) < 4.78 is 5.61. The van der Waals surface area contributed by atoms with Gasteiger partial charge in [-0.15, -0.1) is 0 Å². The molecule has 0 bridgehead atoms. The molecule has 1 aliphatic heterocycles. The molecule has 10 heavy (non-hydrogen) atoms. The van der Waals surface area contributed by atoms with Gasteiger partial charge in [0, 0.05) is 0 Å². The number of rotatable bonds is 1. The maximum Gasteiger partial charge on any atom is 0.0630 e. The first-order valence-corrected chi connectivity index (χ1v) is 4.15. The van der Waals surface area contributed by atoms with Crippen LogP contribution in [-0.4, -0.2) is 12.2 Å². The highest BCUT2D eigenvalue weighted by Crippen LogP contribution is 2.33. The molecule has 1 heteroatoms. The van der Waals surface area contributed by atoms with Crippen molar-refractivity contribution in [1.29, 1.82) is 0 Å². The van der Waals surface area contributed by atoms with E-state index in [1.807, 2.05) is 0 Å². The molecule has 1 aliphatic rings. The average molecular weight is 142 g/mol. The van der Waals surface area contributed by atoms with E-state index in [1.54, 1.807) is 0 Å². The third-order valence-corrected chi connectivity index (χ3v) is 2.38. The lowest BCUT2D eigenvalue weighted by atomic mass is 9.89. The van der Waals surface area contributed by atoms with Crippen LogP contribution in [0.1, 0.15) is 34.1 Å². The summed E-state index contributed by atoms with van der Waals surface area (Å²) in [4.78, 5) is 0. The molecule has 1 atom stereocenters. The van der Waals surface area contributed by atoms with Crippen molar-refractivity contribution in [3.63, 3.8) is 0 Å². The van der Waals surface area contributed by atoms with Gasteiger partial charge in [0.05, 0.1) is 12.2 Å². The monoisotopic (exact) mass is 142 g/mol. The first kappa shape index (κ1) is 8.06. The summed E-state index contributed by atoms with van der Waals surface area (Å²) in [6, 6.07) is 0. The first-order valence-electron chi connectivity index (χ1n) is 4.15. The molecule has 1 nitrogen and oxygen atoms in total. The second kappa shape index (κ2) is 2.54. The van der Waals surface area contributed by atoms with E-state index in [4.69, 9.17) is 4.74 Å². The van der Waals surface area contributed by atoms with Gasteiger partial charge in [-0.3, -0.25) is 0 Å². The molecule has 0 aromatic heterocycles. The fraction of sp³-hybridized carbons (Fsp3) is 1.00. The molecule has 0 amide bonds. The van der Waals surface area contributed by atoms with Crippen LogP contribution in [0.4, 0.5) is 0 Å². The summed E-state index contributed by atoms with van der Waals surface area (Å²) in [5.74, 6) is 1.57. The zero-order valence-corrected chi connectivity index (χ0v) is 7.48. The second-order valence-electron chi connectivity index (χ2n) is 4.28. The third-order valence-electron chi connectivity index (χ3n) is 2.38. The smallest absolute Gasteiger partial charge is 0.0630 e. The zero-order valence-electron chi connectivity index (χ0n) is 7.48. The van der Waals surface area contributed by atoms with Gasteiger partial charge in [0.1, 0.15) is 0 Å². The van der Waals surface area contributed by atoms with Crippen molar-refractivity contribution >= 4 is 0 Å². The highest BCUT2D eigenvalue weighted by atomic mass is 16.5. The molecule has 0 radical (unpaired) electrons. The molecule has 0 spiro atoms. The van der Waals surface area contributed by atoms with Gasteiger partial charge < -0.3 is 4.74 Å². The van der Waals surface area contributed by atoms with Crippen LogP contribution in [0.15, 0.2) is 0 Å². The molecule has 1 saturated heterocycles. The Morgan fingerprint density at radius 1 is 1.40 bits per heavy atom. The Hall–Kier alpha value is -0.0400. The maximum atomic E-state index is 5.61. The van der Waals surface area contributed by atoms with Crippen molar-refractivity contribution in [3.05, 3.63) is 0 Å². The molecule has 1 rings (SSSR count). The molecular weight excluding hydrogens is 124 g/mol. The Morgan fingerprint density at radius 2 is 2.00 bits per heavy atom. The molecule has 0 N–H and O–H groups in total. The summed E-state index contributed by atoms with van der Waals surface area (Å²) in [5, 5.41) is 0. The number of ether oxygens (including phenoxy) is 1. The van der Waals surface area contributed by atoms with Gasteiger partial charge in [0.15, 0.2) is 0 Å². The highest BCUT2D eigenvalue weighted by Gasteiger charge is 2.33. The molecule has 0 saturated carbocycles. The van der Waals surface area contributed by atoms with E-state index in [2.05, 4.69) is 27.7 Å². The molecule has 0 aliphatic carbocycles. The molecule has 1 fully saturated rings. The maximum absolute atomic E-state index is 5.61. The van der Waals surface area contributed by atoms with Gasteiger partial charge >= 0.3 is 0 Å². The lowest BCUT2D eigenvalue weighted by Gasteiger charge is -2.16. The third kappa shape index (κ3) is 1.72. The lowest BCUT2D eigenvalue weighted by molar-refractivity contribution is 0.0342. The van der Waals surface area contributed by atoms with Crippen LogP contribution >= 0.6 is 0 Å². The van der Waals surface area contributed by atoms with Crippen LogP contribution in [-0.2, 0) is 4.74 Å². The Balaban J connectivity index is 2.43. The van der Waals surface area contributed by atoms with Crippen LogP contribution in [0.3, 0.4) is 0 Å². The van der Waals surface area contributed by atoms with Crippen LogP contribution in [0, 0.1) is 11.8 Å². The standard InChI is InChI=1S/C9H18O/c1-7(2)8-5-9(3,4)10-6-8/h7-8H,5-6H2,1-4H3/t8-/m0/s1. The van der Waals surface area contributed by atoms with E-state index >= 15 is 0 Å². The minimum atomic E-state index is 0.148. The zero-order chi connectivity index (χ0) is 7.78. The Morgan fingerprint density at radius 3 is 2.20 bits per heavy atom. The molecule has 0 aromatic rings. The minimum absolute atomic E-state index is 0.148. The van der Waals surface area contributed by atoms with Gasteiger partial charge in [-0.1, -0.05) is 13.8 Å². The molecule has 1 heterocycles. The summed E-state index contributed by atoms with van der Waals surface area (Å²) in [7, 11) is 0. The van der Waals surface area contributed by atoms with Crippen molar-refractivity contribution in [1.82, 2.24) is 0 Å². The number of hydrogen-bond acceptors (Lipinski definition) is 1. The van der Waals surface area contributed by atoms with Crippen molar-refractivity contribution in [2.45, 2.75) is 39.7 Å². The quantitative estimate of drug-likeness (QED) is 0.546. The Kier molecular flexibility index (Phi) is 2.04. The molecule has 0 unspecified atom stereocenters. The van der Waals surface area contributed by atoms with Gasteiger partial charge in [0.25, 0.3) is 0 Å². The summed E-state index contributed by atoms with van der Waals surface area (Å²) in [6.07, 6.45) is 1.23. The van der Waals surface area contributed by atoms with E-state index in [0.29, 0.717) is 0 Å². The lowest BCUT2D eigenvalue weighted by Crippen LogP contribution is -2.17. The molecular formula is C9H18O. The van der Waals surface area contributed by atoms with Gasteiger partial charge in [0.2, 0.25) is 0 Å². The van der Waals surface area contributed by atoms with Gasteiger partial charge in [-0.2, -0.15) is 0 Å². The van der Waals surface area contributed by atoms with E-state index < -0.39 is 0 Å². The Bertz CT molecular complexity index is 116. The average Bonchev–Trinajstić information content (AvgIpc) is 2.10. The van der Waals surface area contributed by atoms with Crippen LogP contribution in [0.5, 0.6) is 0 Å². The molecule has 0 aromatic carbocycles. The number of hydrogen-bond donors (Lipinski definition) is 0. The minimum Gasteiger partial charge on any atom is -0.375 e. The van der Waals surface area contributed by atoms with E-state index in [1.165, 1.54) is 6.42 Å². The van der Waals surface area contributed by atoms with Crippen LogP contribution in [0.2, 0.25) is 0 Å². The first-order chi connectivity index (χ1) is 4.51. The predicted octanol–water partition coefficient (Wildman–Crippen LogP) is 2.46. The van der Waals surface area contributed by atoms with Crippen molar-refractivity contribution < 1.29 is 4.74 Å². The van der Waals surface area contributed by atoms with E-state index in [9.17, 15) is 0 Å². The van der Waals surface area contributed by atoms with Crippen molar-refractivity contribution in [3.8, 4) is 0 Å². The normalized spacial score (nSPS) is 31.5. The Labute approximate surface area is 63.8 Å². The fourth-order valence-electron chi connectivity index (χ4n) is 1.51.